The highest BCUT2D eigenvalue weighted by Crippen LogP contribution is 2.45. The van der Waals surface area contributed by atoms with E-state index < -0.39 is 0 Å². The number of aryl methyl sites for hydroxylation is 2. The highest BCUT2D eigenvalue weighted by molar-refractivity contribution is 5.36. The topological polar surface area (TPSA) is 3.24 Å². The third-order valence-corrected chi connectivity index (χ3v) is 5.79. The minimum atomic E-state index is 0.695. The summed E-state index contributed by atoms with van der Waals surface area (Å²) >= 11 is 0. The van der Waals surface area contributed by atoms with Gasteiger partial charge in [-0.25, -0.2) is 0 Å². The largest absolute Gasteiger partial charge is 0.302 e. The molecule has 2 aliphatic rings. The lowest BCUT2D eigenvalue weighted by molar-refractivity contribution is 0.259. The Morgan fingerprint density at radius 3 is 2.82 bits per heavy atom. The van der Waals surface area contributed by atoms with Crippen molar-refractivity contribution in [1.29, 1.82) is 0 Å². The Balaban J connectivity index is 1.61. The van der Waals surface area contributed by atoms with E-state index in [2.05, 4.69) is 67.4 Å². The average molecular weight is 291 g/mol. The van der Waals surface area contributed by atoms with E-state index in [1.54, 1.807) is 11.1 Å². The van der Waals surface area contributed by atoms with Crippen LogP contribution in [-0.2, 0) is 12.8 Å². The van der Waals surface area contributed by atoms with Gasteiger partial charge >= 0.3 is 0 Å². The van der Waals surface area contributed by atoms with Gasteiger partial charge in [0.2, 0.25) is 0 Å². The maximum Gasteiger partial charge on any atom is 0.0167 e. The lowest BCUT2D eigenvalue weighted by Gasteiger charge is -2.31. The van der Waals surface area contributed by atoms with Crippen molar-refractivity contribution >= 4 is 0 Å². The SMILES string of the molecule is Cc1cccc(C[C@@H]2C3CCc4ccccc4[C@H]3CN2C)c1. The Morgan fingerprint density at radius 2 is 1.95 bits per heavy atom. The lowest BCUT2D eigenvalue weighted by Crippen LogP contribution is -2.32. The number of nitrogens with zero attached hydrogens (tertiary/aromatic N) is 1. The molecule has 0 radical (unpaired) electrons. The fourth-order valence-electron chi connectivity index (χ4n) is 4.73. The number of fused-ring (bicyclic) bond motifs is 3. The predicted octanol–water partition coefficient (Wildman–Crippen LogP) is 4.20. The second kappa shape index (κ2) is 5.55. The summed E-state index contributed by atoms with van der Waals surface area (Å²) in [6.45, 7) is 3.42. The van der Waals surface area contributed by atoms with Crippen LogP contribution in [0, 0.1) is 12.8 Å². The zero-order chi connectivity index (χ0) is 15.1. The van der Waals surface area contributed by atoms with Crippen molar-refractivity contribution in [3.05, 3.63) is 70.8 Å². The van der Waals surface area contributed by atoms with Gasteiger partial charge in [-0.1, -0.05) is 54.1 Å². The van der Waals surface area contributed by atoms with Crippen molar-refractivity contribution in [2.75, 3.05) is 13.6 Å². The Hall–Kier alpha value is -1.60. The van der Waals surface area contributed by atoms with Crippen molar-refractivity contribution in [2.45, 2.75) is 38.1 Å². The molecule has 1 unspecified atom stereocenters. The Morgan fingerprint density at radius 1 is 1.09 bits per heavy atom. The van der Waals surface area contributed by atoms with Crippen LogP contribution in [0.1, 0.15) is 34.6 Å². The third kappa shape index (κ3) is 2.38. The van der Waals surface area contributed by atoms with Crippen LogP contribution in [0.15, 0.2) is 48.5 Å². The molecule has 1 aliphatic carbocycles. The monoisotopic (exact) mass is 291 g/mol. The summed E-state index contributed by atoms with van der Waals surface area (Å²) in [5.41, 5.74) is 6.09. The first-order valence-corrected chi connectivity index (χ1v) is 8.56. The minimum Gasteiger partial charge on any atom is -0.302 e. The molecule has 4 rings (SSSR count). The number of hydrogen-bond acceptors (Lipinski definition) is 1. The smallest absolute Gasteiger partial charge is 0.0167 e. The quantitative estimate of drug-likeness (QED) is 0.801. The van der Waals surface area contributed by atoms with Gasteiger partial charge in [-0.05, 0) is 55.8 Å². The van der Waals surface area contributed by atoms with Crippen LogP contribution in [0.25, 0.3) is 0 Å². The van der Waals surface area contributed by atoms with Gasteiger partial charge in [0.25, 0.3) is 0 Å². The van der Waals surface area contributed by atoms with Crippen molar-refractivity contribution in [2.24, 2.45) is 5.92 Å². The third-order valence-electron chi connectivity index (χ3n) is 5.79. The molecule has 22 heavy (non-hydrogen) atoms. The second-order valence-electron chi connectivity index (χ2n) is 7.21. The lowest BCUT2D eigenvalue weighted by atomic mass is 9.73. The number of rotatable bonds is 2. The summed E-state index contributed by atoms with van der Waals surface area (Å²) in [5, 5.41) is 0. The van der Waals surface area contributed by atoms with E-state index in [1.165, 1.54) is 36.9 Å². The van der Waals surface area contributed by atoms with Crippen LogP contribution < -0.4 is 0 Å². The number of likely N-dealkylation sites (N-methyl/N-ethyl adjacent to an activating group) is 1. The Bertz CT molecular complexity index is 675. The summed E-state index contributed by atoms with van der Waals surface area (Å²) < 4.78 is 0. The highest BCUT2D eigenvalue weighted by atomic mass is 15.2. The first-order chi connectivity index (χ1) is 10.7. The summed E-state index contributed by atoms with van der Waals surface area (Å²) in [4.78, 5) is 2.61. The van der Waals surface area contributed by atoms with Crippen molar-refractivity contribution in [1.82, 2.24) is 4.90 Å². The van der Waals surface area contributed by atoms with Gasteiger partial charge in [0.15, 0.2) is 0 Å². The molecule has 2 aromatic rings. The molecule has 114 valence electrons. The van der Waals surface area contributed by atoms with Gasteiger partial charge in [0, 0.05) is 18.5 Å². The molecule has 1 heteroatoms. The second-order valence-corrected chi connectivity index (χ2v) is 7.21. The van der Waals surface area contributed by atoms with Gasteiger partial charge in [-0.3, -0.25) is 0 Å². The Labute approximate surface area is 134 Å². The molecule has 0 saturated carbocycles. The maximum atomic E-state index is 2.61. The first-order valence-electron chi connectivity index (χ1n) is 8.56. The molecule has 0 bridgehead atoms. The molecular weight excluding hydrogens is 266 g/mol. The number of likely N-dealkylation sites (tertiary alicyclic amines) is 1. The van der Waals surface area contributed by atoms with Crippen LogP contribution in [0.3, 0.4) is 0 Å². The van der Waals surface area contributed by atoms with E-state index in [-0.39, 0.29) is 0 Å². The summed E-state index contributed by atoms with van der Waals surface area (Å²) in [6, 6.07) is 18.9. The van der Waals surface area contributed by atoms with Crippen molar-refractivity contribution in [3.8, 4) is 0 Å². The fraction of sp³-hybridized carbons (Fsp3) is 0.429. The minimum absolute atomic E-state index is 0.695. The van der Waals surface area contributed by atoms with Gasteiger partial charge in [-0.15, -0.1) is 0 Å². The predicted molar refractivity (Wildman–Crippen MR) is 92.3 cm³/mol. The van der Waals surface area contributed by atoms with E-state index in [0.29, 0.717) is 6.04 Å². The molecule has 1 heterocycles. The van der Waals surface area contributed by atoms with Crippen LogP contribution >= 0.6 is 0 Å². The molecule has 1 saturated heterocycles. The zero-order valence-corrected chi connectivity index (χ0v) is 13.6. The summed E-state index contributed by atoms with van der Waals surface area (Å²) in [5.74, 6) is 1.56. The van der Waals surface area contributed by atoms with E-state index in [1.807, 2.05) is 0 Å². The number of benzene rings is 2. The molecule has 1 fully saturated rings. The van der Waals surface area contributed by atoms with Gasteiger partial charge in [0.05, 0.1) is 0 Å². The van der Waals surface area contributed by atoms with E-state index in [9.17, 15) is 0 Å². The molecule has 0 amide bonds. The maximum absolute atomic E-state index is 2.61. The van der Waals surface area contributed by atoms with Crippen LogP contribution in [-0.4, -0.2) is 24.5 Å². The molecule has 1 nitrogen and oxygen atoms in total. The summed E-state index contributed by atoms with van der Waals surface area (Å²) in [7, 11) is 2.32. The Kier molecular flexibility index (Phi) is 3.54. The normalized spacial score (nSPS) is 27.5. The summed E-state index contributed by atoms with van der Waals surface area (Å²) in [6.07, 6.45) is 3.81. The van der Waals surface area contributed by atoms with E-state index in [4.69, 9.17) is 0 Å². The van der Waals surface area contributed by atoms with E-state index in [0.717, 1.165) is 11.8 Å². The van der Waals surface area contributed by atoms with Crippen LogP contribution in [0.5, 0.6) is 0 Å². The molecule has 0 spiro atoms. The van der Waals surface area contributed by atoms with Gasteiger partial charge in [-0.2, -0.15) is 0 Å². The highest BCUT2D eigenvalue weighted by Gasteiger charge is 2.42. The standard InChI is InChI=1S/C21H25N/c1-15-6-5-7-16(12-15)13-21-19-11-10-17-8-3-4-9-18(17)20(19)14-22(21)2/h3-9,12,19-21H,10-11,13-14H2,1-2H3/t19?,20-,21-/m1/s1. The number of hydrogen-bond donors (Lipinski definition) is 0. The van der Waals surface area contributed by atoms with E-state index >= 15 is 0 Å². The van der Waals surface area contributed by atoms with Gasteiger partial charge in [0.1, 0.15) is 0 Å². The fourth-order valence-corrected chi connectivity index (χ4v) is 4.73. The first kappa shape index (κ1) is 14.0. The zero-order valence-electron chi connectivity index (χ0n) is 13.6. The average Bonchev–Trinajstić information content (AvgIpc) is 2.84. The van der Waals surface area contributed by atoms with Gasteiger partial charge < -0.3 is 4.90 Å². The molecule has 1 aliphatic heterocycles. The molecule has 2 aromatic carbocycles. The molecular formula is C21H25N. The van der Waals surface area contributed by atoms with Crippen LogP contribution in [0.4, 0.5) is 0 Å². The molecule has 0 aromatic heterocycles. The molecule has 3 atom stereocenters. The van der Waals surface area contributed by atoms with Crippen molar-refractivity contribution in [3.63, 3.8) is 0 Å². The van der Waals surface area contributed by atoms with Crippen LogP contribution in [0.2, 0.25) is 0 Å². The molecule has 0 N–H and O–H groups in total. The van der Waals surface area contributed by atoms with Crippen molar-refractivity contribution < 1.29 is 0 Å².